The maximum Gasteiger partial charge on any atom is 0.254 e. The van der Waals surface area contributed by atoms with E-state index in [1.54, 1.807) is 24.3 Å². The summed E-state index contributed by atoms with van der Waals surface area (Å²) in [5, 5.41) is 0. The zero-order valence-corrected chi connectivity index (χ0v) is 18.1. The third kappa shape index (κ3) is 4.42. The smallest absolute Gasteiger partial charge is 0.254 e. The van der Waals surface area contributed by atoms with Crippen LogP contribution in [0.2, 0.25) is 0 Å². The first kappa shape index (κ1) is 21.3. The fraction of sp³-hybridized carbons (Fsp3) is 0.667. The van der Waals surface area contributed by atoms with E-state index in [4.69, 9.17) is 4.74 Å². The molecular weight excluding hydrogens is 376 g/mol. The third-order valence-corrected chi connectivity index (χ3v) is 7.48. The number of hydrogen-bond donors (Lipinski definition) is 0. The molecule has 1 heterocycles. The normalized spacial score (nSPS) is 23.8. The van der Waals surface area contributed by atoms with E-state index in [1.807, 2.05) is 18.7 Å². The van der Waals surface area contributed by atoms with Crippen molar-refractivity contribution in [2.45, 2.75) is 82.6 Å². The Bertz CT molecular complexity index is 775. The fourth-order valence-corrected chi connectivity index (χ4v) is 5.65. The molecule has 2 aliphatic rings. The van der Waals surface area contributed by atoms with Gasteiger partial charge in [0.2, 0.25) is 10.0 Å². The van der Waals surface area contributed by atoms with Crippen molar-refractivity contribution in [1.82, 2.24) is 9.21 Å². The van der Waals surface area contributed by atoms with Crippen LogP contribution in [0.3, 0.4) is 0 Å². The van der Waals surface area contributed by atoms with Gasteiger partial charge >= 0.3 is 0 Å². The topological polar surface area (TPSA) is 66.9 Å². The van der Waals surface area contributed by atoms with Crippen molar-refractivity contribution < 1.29 is 17.9 Å². The number of ether oxygens (including phenoxy) is 1. The summed E-state index contributed by atoms with van der Waals surface area (Å²) in [6, 6.07) is 6.99. The molecule has 1 aliphatic carbocycles. The lowest BCUT2D eigenvalue weighted by molar-refractivity contribution is -0.0440. The SMILES string of the molecule is CCC(CC)N(C(=O)c1ccc(S(=O)(=O)N2CC(C)OC(C)C2)cc1)C1CC1. The number of morpholine rings is 1. The van der Waals surface area contributed by atoms with Gasteiger partial charge in [-0.3, -0.25) is 4.79 Å². The van der Waals surface area contributed by atoms with E-state index in [0.29, 0.717) is 24.7 Å². The maximum atomic E-state index is 13.1. The first-order valence-electron chi connectivity index (χ1n) is 10.4. The van der Waals surface area contributed by atoms with Gasteiger partial charge in [0.15, 0.2) is 0 Å². The van der Waals surface area contributed by atoms with Crippen LogP contribution in [-0.2, 0) is 14.8 Å². The van der Waals surface area contributed by atoms with E-state index < -0.39 is 10.0 Å². The zero-order chi connectivity index (χ0) is 20.5. The summed E-state index contributed by atoms with van der Waals surface area (Å²) in [6.07, 6.45) is 3.71. The average molecular weight is 409 g/mol. The minimum Gasteiger partial charge on any atom is -0.373 e. The molecule has 1 amide bonds. The highest BCUT2D eigenvalue weighted by atomic mass is 32.2. The lowest BCUT2D eigenvalue weighted by Gasteiger charge is -2.34. The predicted octanol–water partition coefficient (Wildman–Crippen LogP) is 3.28. The molecule has 0 spiro atoms. The Hall–Kier alpha value is -1.44. The van der Waals surface area contributed by atoms with E-state index in [0.717, 1.165) is 25.7 Å². The number of rotatable bonds is 7. The van der Waals surface area contributed by atoms with Crippen molar-refractivity contribution in [3.63, 3.8) is 0 Å². The molecule has 2 fully saturated rings. The Labute approximate surface area is 168 Å². The van der Waals surface area contributed by atoms with E-state index in [1.165, 1.54) is 4.31 Å². The van der Waals surface area contributed by atoms with Crippen LogP contribution < -0.4 is 0 Å². The minimum absolute atomic E-state index is 0.00812. The molecule has 1 aliphatic heterocycles. The molecule has 156 valence electrons. The molecule has 1 aromatic carbocycles. The minimum atomic E-state index is -3.59. The lowest BCUT2D eigenvalue weighted by Crippen LogP contribution is -2.48. The van der Waals surface area contributed by atoms with E-state index in [2.05, 4.69) is 13.8 Å². The van der Waals surface area contributed by atoms with Crippen LogP contribution in [0.1, 0.15) is 63.7 Å². The molecule has 2 unspecified atom stereocenters. The van der Waals surface area contributed by atoms with Crippen LogP contribution in [0.5, 0.6) is 0 Å². The number of amides is 1. The van der Waals surface area contributed by atoms with Gasteiger partial charge in [-0.2, -0.15) is 4.31 Å². The predicted molar refractivity (Wildman–Crippen MR) is 109 cm³/mol. The summed E-state index contributed by atoms with van der Waals surface area (Å²) in [6.45, 7) is 8.66. The molecule has 1 saturated carbocycles. The van der Waals surface area contributed by atoms with Crippen LogP contribution in [0.15, 0.2) is 29.2 Å². The van der Waals surface area contributed by atoms with Crippen molar-refractivity contribution in [1.29, 1.82) is 0 Å². The molecule has 0 bridgehead atoms. The highest BCUT2D eigenvalue weighted by Crippen LogP contribution is 2.32. The quantitative estimate of drug-likeness (QED) is 0.694. The number of hydrogen-bond acceptors (Lipinski definition) is 4. The van der Waals surface area contributed by atoms with Gasteiger partial charge in [-0.25, -0.2) is 8.42 Å². The Kier molecular flexibility index (Phi) is 6.47. The van der Waals surface area contributed by atoms with Crippen molar-refractivity contribution in [3.05, 3.63) is 29.8 Å². The van der Waals surface area contributed by atoms with Crippen LogP contribution in [0, 0.1) is 0 Å². The molecule has 0 aromatic heterocycles. The Morgan fingerprint density at radius 2 is 1.64 bits per heavy atom. The van der Waals surface area contributed by atoms with Gasteiger partial charge in [-0.1, -0.05) is 13.8 Å². The zero-order valence-electron chi connectivity index (χ0n) is 17.3. The number of benzene rings is 1. The molecule has 0 radical (unpaired) electrons. The summed E-state index contributed by atoms with van der Waals surface area (Å²) in [4.78, 5) is 15.3. The van der Waals surface area contributed by atoms with Gasteiger partial charge in [-0.05, 0) is 63.8 Å². The number of nitrogens with zero attached hydrogens (tertiary/aromatic N) is 2. The second-order valence-corrected chi connectivity index (χ2v) is 9.96. The Morgan fingerprint density at radius 3 is 2.11 bits per heavy atom. The van der Waals surface area contributed by atoms with Gasteiger partial charge in [0.25, 0.3) is 5.91 Å². The van der Waals surface area contributed by atoms with Crippen molar-refractivity contribution in [2.75, 3.05) is 13.1 Å². The summed E-state index contributed by atoms with van der Waals surface area (Å²) in [7, 11) is -3.59. The highest BCUT2D eigenvalue weighted by molar-refractivity contribution is 7.89. The first-order valence-corrected chi connectivity index (χ1v) is 11.8. The van der Waals surface area contributed by atoms with E-state index in [-0.39, 0.29) is 29.1 Å². The summed E-state index contributed by atoms with van der Waals surface area (Å²) in [5.74, 6) is 0.00812. The number of carbonyl (C=O) groups excluding carboxylic acids is 1. The van der Waals surface area contributed by atoms with Crippen LogP contribution in [-0.4, -0.2) is 60.9 Å². The molecule has 7 heteroatoms. The number of carbonyl (C=O) groups is 1. The van der Waals surface area contributed by atoms with Crippen molar-refractivity contribution >= 4 is 15.9 Å². The van der Waals surface area contributed by atoms with E-state index in [9.17, 15) is 13.2 Å². The summed E-state index contributed by atoms with van der Waals surface area (Å²) >= 11 is 0. The molecule has 6 nitrogen and oxygen atoms in total. The molecule has 2 atom stereocenters. The average Bonchev–Trinajstić information content (AvgIpc) is 3.49. The monoisotopic (exact) mass is 408 g/mol. The largest absolute Gasteiger partial charge is 0.373 e. The fourth-order valence-electron chi connectivity index (χ4n) is 4.06. The lowest BCUT2D eigenvalue weighted by atomic mass is 10.1. The standard InChI is InChI=1S/C21H32N2O4S/c1-5-18(6-2)23(19-9-10-19)21(24)17-7-11-20(12-8-17)28(25,26)22-13-15(3)27-16(4)14-22/h7-8,11-12,15-16,18-19H,5-6,9-10,13-14H2,1-4H3. The van der Waals surface area contributed by atoms with Gasteiger partial charge in [0.1, 0.15) is 0 Å². The molecule has 1 aromatic rings. The van der Waals surface area contributed by atoms with Gasteiger partial charge in [0, 0.05) is 30.7 Å². The summed E-state index contributed by atoms with van der Waals surface area (Å²) in [5.41, 5.74) is 0.557. The molecule has 1 saturated heterocycles. The van der Waals surface area contributed by atoms with Crippen LogP contribution >= 0.6 is 0 Å². The van der Waals surface area contributed by atoms with Gasteiger partial charge in [0.05, 0.1) is 17.1 Å². The second kappa shape index (κ2) is 8.51. The Morgan fingerprint density at radius 1 is 1.11 bits per heavy atom. The number of sulfonamides is 1. The van der Waals surface area contributed by atoms with E-state index >= 15 is 0 Å². The Balaban J connectivity index is 1.79. The van der Waals surface area contributed by atoms with Gasteiger partial charge < -0.3 is 9.64 Å². The third-order valence-electron chi connectivity index (χ3n) is 5.64. The first-order chi connectivity index (χ1) is 13.3. The van der Waals surface area contributed by atoms with Gasteiger partial charge in [-0.15, -0.1) is 0 Å². The highest BCUT2D eigenvalue weighted by Gasteiger charge is 2.37. The van der Waals surface area contributed by atoms with Crippen LogP contribution in [0.25, 0.3) is 0 Å². The van der Waals surface area contributed by atoms with Crippen LogP contribution in [0.4, 0.5) is 0 Å². The summed E-state index contributed by atoms with van der Waals surface area (Å²) < 4.78 is 33.1. The van der Waals surface area contributed by atoms with Crippen molar-refractivity contribution in [3.8, 4) is 0 Å². The molecule has 28 heavy (non-hydrogen) atoms. The molecule has 3 rings (SSSR count). The molecular formula is C21H32N2O4S. The maximum absolute atomic E-state index is 13.1. The molecule has 0 N–H and O–H groups in total. The second-order valence-electron chi connectivity index (χ2n) is 8.02. The van der Waals surface area contributed by atoms with Crippen molar-refractivity contribution in [2.24, 2.45) is 0 Å².